The molecular weight excluding hydrogens is 230 g/mol. The van der Waals surface area contributed by atoms with Gasteiger partial charge < -0.3 is 5.73 Å². The third kappa shape index (κ3) is 2.39. The SMILES string of the molecule is CCc1ccc(C(=O)c2ccc(C)c(N)c2)s1. The number of ketones is 1. The first-order chi connectivity index (χ1) is 8.11. The van der Waals surface area contributed by atoms with Crippen LogP contribution in [0, 0.1) is 6.92 Å². The zero-order valence-corrected chi connectivity index (χ0v) is 10.8. The molecule has 2 rings (SSSR count). The minimum atomic E-state index is 0.0569. The fourth-order valence-corrected chi connectivity index (χ4v) is 2.52. The third-order valence-electron chi connectivity index (χ3n) is 2.78. The molecule has 17 heavy (non-hydrogen) atoms. The number of aryl methyl sites for hydroxylation is 2. The van der Waals surface area contributed by atoms with Crippen molar-refractivity contribution >= 4 is 22.8 Å². The number of rotatable bonds is 3. The molecule has 2 nitrogen and oxygen atoms in total. The molecule has 1 aromatic carbocycles. The van der Waals surface area contributed by atoms with E-state index in [0.29, 0.717) is 11.3 Å². The number of nitrogen functional groups attached to an aromatic ring is 1. The quantitative estimate of drug-likeness (QED) is 0.665. The average Bonchev–Trinajstić information content (AvgIpc) is 2.80. The van der Waals surface area contributed by atoms with E-state index in [-0.39, 0.29) is 5.78 Å². The number of carbonyl (C=O) groups excluding carboxylic acids is 1. The maximum absolute atomic E-state index is 12.2. The van der Waals surface area contributed by atoms with Crippen LogP contribution >= 0.6 is 11.3 Å². The van der Waals surface area contributed by atoms with Crippen LogP contribution in [0.3, 0.4) is 0 Å². The van der Waals surface area contributed by atoms with Crippen LogP contribution in [0.1, 0.15) is 32.6 Å². The molecule has 0 fully saturated rings. The third-order valence-corrected chi connectivity index (χ3v) is 4.00. The van der Waals surface area contributed by atoms with Gasteiger partial charge in [0, 0.05) is 16.1 Å². The first kappa shape index (κ1) is 11.9. The van der Waals surface area contributed by atoms with E-state index >= 15 is 0 Å². The molecule has 3 heteroatoms. The van der Waals surface area contributed by atoms with Crippen molar-refractivity contribution < 1.29 is 4.79 Å². The first-order valence-corrected chi connectivity index (χ1v) is 6.43. The Labute approximate surface area is 105 Å². The molecule has 0 atom stereocenters. The van der Waals surface area contributed by atoms with Gasteiger partial charge in [0.2, 0.25) is 5.78 Å². The minimum absolute atomic E-state index is 0.0569. The lowest BCUT2D eigenvalue weighted by atomic mass is 10.1. The predicted octanol–water partition coefficient (Wildman–Crippen LogP) is 3.43. The summed E-state index contributed by atoms with van der Waals surface area (Å²) in [4.78, 5) is 14.2. The molecule has 1 heterocycles. The standard InChI is InChI=1S/C14H15NOS/c1-3-11-6-7-13(17-11)14(16)10-5-4-9(2)12(15)8-10/h4-8H,3,15H2,1-2H3. The summed E-state index contributed by atoms with van der Waals surface area (Å²) in [6.07, 6.45) is 0.966. The Morgan fingerprint density at radius 2 is 2.06 bits per heavy atom. The van der Waals surface area contributed by atoms with Crippen LogP contribution < -0.4 is 5.73 Å². The summed E-state index contributed by atoms with van der Waals surface area (Å²) in [6, 6.07) is 9.37. The second-order valence-corrected chi connectivity index (χ2v) is 5.19. The summed E-state index contributed by atoms with van der Waals surface area (Å²) in [5.41, 5.74) is 8.15. The topological polar surface area (TPSA) is 43.1 Å². The molecule has 0 amide bonds. The van der Waals surface area contributed by atoms with E-state index in [4.69, 9.17) is 5.73 Å². The van der Waals surface area contributed by atoms with E-state index in [2.05, 4.69) is 6.92 Å². The summed E-state index contributed by atoms with van der Waals surface area (Å²) in [5, 5.41) is 0. The lowest BCUT2D eigenvalue weighted by Crippen LogP contribution is -2.00. The first-order valence-electron chi connectivity index (χ1n) is 5.61. The molecule has 2 N–H and O–H groups in total. The van der Waals surface area contributed by atoms with Gasteiger partial charge in [-0.25, -0.2) is 0 Å². The highest BCUT2D eigenvalue weighted by Crippen LogP contribution is 2.22. The second-order valence-electron chi connectivity index (χ2n) is 4.02. The summed E-state index contributed by atoms with van der Waals surface area (Å²) < 4.78 is 0. The van der Waals surface area contributed by atoms with Crippen molar-refractivity contribution in [3.05, 3.63) is 51.2 Å². The van der Waals surface area contributed by atoms with Crippen molar-refractivity contribution in [3.63, 3.8) is 0 Å². The molecule has 88 valence electrons. The van der Waals surface area contributed by atoms with Gasteiger partial charge in [-0.15, -0.1) is 11.3 Å². The van der Waals surface area contributed by atoms with Crippen molar-refractivity contribution in [1.82, 2.24) is 0 Å². The lowest BCUT2D eigenvalue weighted by molar-refractivity contribution is 0.104. The molecule has 0 saturated carbocycles. The molecule has 0 spiro atoms. The highest BCUT2D eigenvalue weighted by molar-refractivity contribution is 7.14. The molecule has 0 aliphatic carbocycles. The van der Waals surface area contributed by atoms with E-state index in [9.17, 15) is 4.79 Å². The lowest BCUT2D eigenvalue weighted by Gasteiger charge is -2.02. The van der Waals surface area contributed by atoms with Crippen molar-refractivity contribution in [3.8, 4) is 0 Å². The van der Waals surface area contributed by atoms with Crippen molar-refractivity contribution in [1.29, 1.82) is 0 Å². The molecule has 0 aliphatic heterocycles. The molecule has 2 aromatic rings. The van der Waals surface area contributed by atoms with Gasteiger partial charge >= 0.3 is 0 Å². The summed E-state index contributed by atoms with van der Waals surface area (Å²) in [5.74, 6) is 0.0569. The molecule has 0 radical (unpaired) electrons. The Balaban J connectivity index is 2.33. The van der Waals surface area contributed by atoms with Crippen LogP contribution in [0.5, 0.6) is 0 Å². The zero-order valence-electron chi connectivity index (χ0n) is 9.99. The van der Waals surface area contributed by atoms with E-state index in [0.717, 1.165) is 16.9 Å². The van der Waals surface area contributed by atoms with E-state index in [1.165, 1.54) is 4.88 Å². The van der Waals surface area contributed by atoms with Gasteiger partial charge in [-0.3, -0.25) is 4.79 Å². The van der Waals surface area contributed by atoms with Crippen molar-refractivity contribution in [2.75, 3.05) is 5.73 Å². The van der Waals surface area contributed by atoms with Gasteiger partial charge in [-0.05, 0) is 37.1 Å². The molecule has 0 saturated heterocycles. The number of nitrogens with two attached hydrogens (primary N) is 1. The summed E-state index contributed by atoms with van der Waals surface area (Å²) in [6.45, 7) is 4.02. The Bertz CT molecular complexity index is 557. The number of benzene rings is 1. The van der Waals surface area contributed by atoms with Gasteiger partial charge in [0.05, 0.1) is 4.88 Å². The molecule has 0 bridgehead atoms. The highest BCUT2D eigenvalue weighted by Gasteiger charge is 2.12. The van der Waals surface area contributed by atoms with Gasteiger partial charge in [-0.2, -0.15) is 0 Å². The average molecular weight is 245 g/mol. The van der Waals surface area contributed by atoms with Crippen LogP contribution in [-0.4, -0.2) is 5.78 Å². The summed E-state index contributed by atoms with van der Waals surface area (Å²) in [7, 11) is 0. The fourth-order valence-electron chi connectivity index (χ4n) is 1.61. The Morgan fingerprint density at radius 3 is 2.65 bits per heavy atom. The van der Waals surface area contributed by atoms with Crippen LogP contribution in [-0.2, 0) is 6.42 Å². The van der Waals surface area contributed by atoms with Gasteiger partial charge in [0.15, 0.2) is 0 Å². The number of hydrogen-bond acceptors (Lipinski definition) is 3. The predicted molar refractivity (Wildman–Crippen MR) is 72.7 cm³/mol. The second kappa shape index (κ2) is 4.72. The zero-order chi connectivity index (χ0) is 12.4. The van der Waals surface area contributed by atoms with Gasteiger partial charge in [0.1, 0.15) is 0 Å². The van der Waals surface area contributed by atoms with Gasteiger partial charge in [-0.1, -0.05) is 19.1 Å². The number of hydrogen-bond donors (Lipinski definition) is 1. The fraction of sp³-hybridized carbons (Fsp3) is 0.214. The molecule has 0 aliphatic rings. The Kier molecular flexibility index (Phi) is 3.29. The van der Waals surface area contributed by atoms with E-state index in [1.54, 1.807) is 17.4 Å². The summed E-state index contributed by atoms with van der Waals surface area (Å²) >= 11 is 1.56. The van der Waals surface area contributed by atoms with Crippen LogP contribution in [0.15, 0.2) is 30.3 Å². The maximum atomic E-state index is 12.2. The minimum Gasteiger partial charge on any atom is -0.398 e. The van der Waals surface area contributed by atoms with Crippen molar-refractivity contribution in [2.24, 2.45) is 0 Å². The smallest absolute Gasteiger partial charge is 0.203 e. The number of thiophene rings is 1. The van der Waals surface area contributed by atoms with Gasteiger partial charge in [0.25, 0.3) is 0 Å². The highest BCUT2D eigenvalue weighted by atomic mass is 32.1. The molecule has 0 unspecified atom stereocenters. The van der Waals surface area contributed by atoms with E-state index in [1.807, 2.05) is 31.2 Å². The Morgan fingerprint density at radius 1 is 1.29 bits per heavy atom. The molecular formula is C14H15NOS. The van der Waals surface area contributed by atoms with Crippen molar-refractivity contribution in [2.45, 2.75) is 20.3 Å². The number of carbonyl (C=O) groups is 1. The maximum Gasteiger partial charge on any atom is 0.203 e. The monoisotopic (exact) mass is 245 g/mol. The van der Waals surface area contributed by atoms with E-state index < -0.39 is 0 Å². The Hall–Kier alpha value is -1.61. The van der Waals surface area contributed by atoms with Crippen LogP contribution in [0.2, 0.25) is 0 Å². The largest absolute Gasteiger partial charge is 0.398 e. The van der Waals surface area contributed by atoms with Crippen LogP contribution in [0.25, 0.3) is 0 Å². The molecule has 1 aromatic heterocycles. The number of anilines is 1. The normalized spacial score (nSPS) is 10.5. The van der Waals surface area contributed by atoms with Crippen LogP contribution in [0.4, 0.5) is 5.69 Å².